The number of carbonyl (C=O) groups is 1. The van der Waals surface area contributed by atoms with E-state index < -0.39 is 0 Å². The molecular weight excluding hydrogens is 190 g/mol. The molecule has 0 heterocycles. The normalized spacial score (nSPS) is 19.5. The maximum atomic E-state index is 11.9. The van der Waals surface area contributed by atoms with Gasteiger partial charge in [-0.15, -0.1) is 0 Å². The van der Waals surface area contributed by atoms with Crippen LogP contribution in [0.4, 0.5) is 4.79 Å². The van der Waals surface area contributed by atoms with Gasteiger partial charge in [0.2, 0.25) is 0 Å². The minimum Gasteiger partial charge on any atom is -0.335 e. The van der Waals surface area contributed by atoms with E-state index in [1.807, 2.05) is 18.7 Å². The molecule has 1 aliphatic rings. The fourth-order valence-corrected chi connectivity index (χ4v) is 1.70. The van der Waals surface area contributed by atoms with Crippen molar-refractivity contribution >= 4 is 6.03 Å². The van der Waals surface area contributed by atoms with Gasteiger partial charge in [0.25, 0.3) is 0 Å². The van der Waals surface area contributed by atoms with Crippen LogP contribution in [0.3, 0.4) is 0 Å². The molecule has 3 N–H and O–H groups in total. The lowest BCUT2D eigenvalue weighted by molar-refractivity contribution is 0.129. The standard InChI is InChI=1S/C11H23N3O/c1-4-11(3,8-12)14(5-2)10(15)13-9-6-7-9/h9H,4-8,12H2,1-3H3,(H,13,15). The number of nitrogens with one attached hydrogen (secondary N) is 1. The van der Waals surface area contributed by atoms with Gasteiger partial charge in [-0.1, -0.05) is 6.92 Å². The van der Waals surface area contributed by atoms with E-state index in [1.165, 1.54) is 0 Å². The predicted molar refractivity (Wildman–Crippen MR) is 61.7 cm³/mol. The van der Waals surface area contributed by atoms with E-state index in [2.05, 4.69) is 12.2 Å². The second-order valence-corrected chi connectivity index (χ2v) is 4.52. The second-order valence-electron chi connectivity index (χ2n) is 4.52. The lowest BCUT2D eigenvalue weighted by Gasteiger charge is -2.39. The van der Waals surface area contributed by atoms with E-state index in [-0.39, 0.29) is 11.6 Å². The minimum atomic E-state index is -0.215. The molecule has 4 nitrogen and oxygen atoms in total. The highest BCUT2D eigenvalue weighted by Crippen LogP contribution is 2.22. The molecule has 0 spiro atoms. The average molecular weight is 213 g/mol. The first-order chi connectivity index (χ1) is 7.07. The molecule has 1 saturated carbocycles. The fourth-order valence-electron chi connectivity index (χ4n) is 1.70. The fraction of sp³-hybridized carbons (Fsp3) is 0.909. The number of nitrogens with zero attached hydrogens (tertiary/aromatic N) is 1. The summed E-state index contributed by atoms with van der Waals surface area (Å²) in [6.07, 6.45) is 3.12. The van der Waals surface area contributed by atoms with Gasteiger partial charge in [-0.3, -0.25) is 0 Å². The Bertz CT molecular complexity index is 222. The van der Waals surface area contributed by atoms with Gasteiger partial charge in [-0.2, -0.15) is 0 Å². The third kappa shape index (κ3) is 2.84. The first kappa shape index (κ1) is 12.3. The van der Waals surface area contributed by atoms with Crippen molar-refractivity contribution in [3.8, 4) is 0 Å². The van der Waals surface area contributed by atoms with Gasteiger partial charge < -0.3 is 16.0 Å². The van der Waals surface area contributed by atoms with Crippen molar-refractivity contribution in [1.82, 2.24) is 10.2 Å². The summed E-state index contributed by atoms with van der Waals surface area (Å²) in [5, 5.41) is 3.01. The molecule has 2 amide bonds. The van der Waals surface area contributed by atoms with Crippen molar-refractivity contribution < 1.29 is 4.79 Å². The number of nitrogens with two attached hydrogens (primary N) is 1. The van der Waals surface area contributed by atoms with Crippen LogP contribution in [0.1, 0.15) is 40.0 Å². The Hall–Kier alpha value is -0.770. The van der Waals surface area contributed by atoms with Crippen LogP contribution in [0, 0.1) is 0 Å². The van der Waals surface area contributed by atoms with Gasteiger partial charge in [0, 0.05) is 19.1 Å². The topological polar surface area (TPSA) is 58.4 Å². The molecule has 0 aromatic rings. The van der Waals surface area contributed by atoms with Gasteiger partial charge in [0.05, 0.1) is 5.54 Å². The number of likely N-dealkylation sites (N-methyl/N-ethyl adjacent to an activating group) is 1. The molecule has 0 radical (unpaired) electrons. The SMILES string of the molecule is CCN(C(=O)NC1CC1)C(C)(CC)CN. The van der Waals surface area contributed by atoms with Crippen LogP contribution in [0.25, 0.3) is 0 Å². The van der Waals surface area contributed by atoms with E-state index >= 15 is 0 Å². The Balaban J connectivity index is 2.62. The van der Waals surface area contributed by atoms with Crippen LogP contribution in [-0.2, 0) is 0 Å². The smallest absolute Gasteiger partial charge is 0.318 e. The maximum Gasteiger partial charge on any atom is 0.318 e. The lowest BCUT2D eigenvalue weighted by atomic mass is 9.97. The zero-order valence-corrected chi connectivity index (χ0v) is 10.0. The molecule has 0 aromatic heterocycles. The van der Waals surface area contributed by atoms with Crippen molar-refractivity contribution in [1.29, 1.82) is 0 Å². The summed E-state index contributed by atoms with van der Waals surface area (Å²) in [6.45, 7) is 7.33. The quantitative estimate of drug-likeness (QED) is 0.723. The highest BCUT2D eigenvalue weighted by molar-refractivity contribution is 5.75. The molecule has 4 heteroatoms. The highest BCUT2D eigenvalue weighted by atomic mass is 16.2. The maximum absolute atomic E-state index is 11.9. The number of hydrogen-bond acceptors (Lipinski definition) is 2. The van der Waals surface area contributed by atoms with E-state index in [0.29, 0.717) is 19.1 Å². The Morgan fingerprint density at radius 3 is 2.47 bits per heavy atom. The van der Waals surface area contributed by atoms with Gasteiger partial charge in [0.1, 0.15) is 0 Å². The molecular formula is C11H23N3O. The van der Waals surface area contributed by atoms with Crippen molar-refractivity contribution in [3.05, 3.63) is 0 Å². The van der Waals surface area contributed by atoms with Crippen LogP contribution in [0.15, 0.2) is 0 Å². The van der Waals surface area contributed by atoms with Crippen molar-refractivity contribution in [2.45, 2.75) is 51.6 Å². The van der Waals surface area contributed by atoms with E-state index in [0.717, 1.165) is 19.3 Å². The number of hydrogen-bond donors (Lipinski definition) is 2. The molecule has 1 unspecified atom stereocenters. The van der Waals surface area contributed by atoms with Crippen LogP contribution in [0.5, 0.6) is 0 Å². The molecule has 0 saturated heterocycles. The third-order valence-corrected chi connectivity index (χ3v) is 3.32. The van der Waals surface area contributed by atoms with E-state index in [1.54, 1.807) is 0 Å². The number of amides is 2. The molecule has 0 bridgehead atoms. The third-order valence-electron chi connectivity index (χ3n) is 3.32. The van der Waals surface area contributed by atoms with E-state index in [9.17, 15) is 4.79 Å². The monoisotopic (exact) mass is 213 g/mol. The minimum absolute atomic E-state index is 0.0369. The number of urea groups is 1. The van der Waals surface area contributed by atoms with Gasteiger partial charge >= 0.3 is 6.03 Å². The highest BCUT2D eigenvalue weighted by Gasteiger charge is 2.34. The van der Waals surface area contributed by atoms with Gasteiger partial charge in [-0.25, -0.2) is 4.79 Å². The Morgan fingerprint density at radius 1 is 1.53 bits per heavy atom. The van der Waals surface area contributed by atoms with Gasteiger partial charge in [-0.05, 0) is 33.1 Å². The van der Waals surface area contributed by atoms with Crippen molar-refractivity contribution in [3.63, 3.8) is 0 Å². The average Bonchev–Trinajstić information content (AvgIpc) is 3.02. The van der Waals surface area contributed by atoms with Gasteiger partial charge in [0.15, 0.2) is 0 Å². The number of rotatable bonds is 5. The summed E-state index contributed by atoms with van der Waals surface area (Å²) in [4.78, 5) is 13.8. The molecule has 1 aliphatic carbocycles. The summed E-state index contributed by atoms with van der Waals surface area (Å²) < 4.78 is 0. The Morgan fingerprint density at radius 2 is 2.13 bits per heavy atom. The summed E-state index contributed by atoms with van der Waals surface area (Å²) in [7, 11) is 0. The molecule has 1 rings (SSSR count). The summed E-state index contributed by atoms with van der Waals surface area (Å²) >= 11 is 0. The van der Waals surface area contributed by atoms with Crippen LogP contribution in [0.2, 0.25) is 0 Å². The Kier molecular flexibility index (Phi) is 3.97. The molecule has 1 fully saturated rings. The zero-order chi connectivity index (χ0) is 11.5. The van der Waals surface area contributed by atoms with Crippen LogP contribution in [-0.4, -0.2) is 35.6 Å². The molecule has 0 aromatic carbocycles. The molecule has 88 valence electrons. The molecule has 15 heavy (non-hydrogen) atoms. The first-order valence-corrected chi connectivity index (χ1v) is 5.85. The zero-order valence-electron chi connectivity index (χ0n) is 10.0. The van der Waals surface area contributed by atoms with Crippen molar-refractivity contribution in [2.24, 2.45) is 5.73 Å². The first-order valence-electron chi connectivity index (χ1n) is 5.85. The largest absolute Gasteiger partial charge is 0.335 e. The summed E-state index contributed by atoms with van der Waals surface area (Å²) in [5.74, 6) is 0. The molecule has 1 atom stereocenters. The van der Waals surface area contributed by atoms with E-state index in [4.69, 9.17) is 5.73 Å². The van der Waals surface area contributed by atoms with Crippen LogP contribution < -0.4 is 11.1 Å². The van der Waals surface area contributed by atoms with Crippen LogP contribution >= 0.6 is 0 Å². The lowest BCUT2D eigenvalue weighted by Crippen LogP contribution is -2.57. The second kappa shape index (κ2) is 4.84. The predicted octanol–water partition coefficient (Wildman–Crippen LogP) is 1.31. The number of carbonyl (C=O) groups excluding carboxylic acids is 1. The Labute approximate surface area is 92.2 Å². The summed E-state index contributed by atoms with van der Waals surface area (Å²) in [5.41, 5.74) is 5.54. The molecule has 0 aliphatic heterocycles. The summed E-state index contributed by atoms with van der Waals surface area (Å²) in [6, 6.07) is 0.445. The van der Waals surface area contributed by atoms with Crippen molar-refractivity contribution in [2.75, 3.05) is 13.1 Å².